The molecule has 1 rings (SSSR count). The van der Waals surface area contributed by atoms with Gasteiger partial charge in [0.25, 0.3) is 0 Å². The molecule has 2 nitrogen and oxygen atoms in total. The van der Waals surface area contributed by atoms with Gasteiger partial charge in [0.15, 0.2) is 0 Å². The van der Waals surface area contributed by atoms with Crippen LogP contribution in [0.3, 0.4) is 0 Å². The third kappa shape index (κ3) is 4.26. The average molecular weight is 240 g/mol. The van der Waals surface area contributed by atoms with Crippen LogP contribution in [0.25, 0.3) is 0 Å². The van der Waals surface area contributed by atoms with E-state index < -0.39 is 0 Å². The molecule has 1 aliphatic rings. The quantitative estimate of drug-likeness (QED) is 0.713. The van der Waals surface area contributed by atoms with E-state index >= 15 is 0 Å². The predicted octanol–water partition coefficient (Wildman–Crippen LogP) is 3.32. The Morgan fingerprint density at radius 2 is 1.76 bits per heavy atom. The van der Waals surface area contributed by atoms with E-state index in [0.29, 0.717) is 11.6 Å². The lowest BCUT2D eigenvalue weighted by Crippen LogP contribution is -2.52. The van der Waals surface area contributed by atoms with E-state index in [1.165, 1.54) is 45.1 Å². The Labute approximate surface area is 108 Å². The Kier molecular flexibility index (Phi) is 6.50. The third-order valence-corrected chi connectivity index (χ3v) is 4.93. The normalized spacial score (nSPS) is 26.1. The smallest absolute Gasteiger partial charge is 0.0195 e. The minimum absolute atomic E-state index is 0.376. The standard InChI is InChI=1S/C15H32N2/c1-5-13-9-10-16-14(11-13)12-17-15(6-2,7-3)8-4/h13-14,16-17H,5-12H2,1-4H3. The van der Waals surface area contributed by atoms with Crippen LogP contribution in [0.4, 0.5) is 0 Å². The molecule has 0 bridgehead atoms. The molecule has 0 aromatic heterocycles. The molecule has 17 heavy (non-hydrogen) atoms. The molecule has 1 aliphatic heterocycles. The van der Waals surface area contributed by atoms with E-state index in [4.69, 9.17) is 0 Å². The Morgan fingerprint density at radius 3 is 2.29 bits per heavy atom. The summed E-state index contributed by atoms with van der Waals surface area (Å²) in [7, 11) is 0. The molecule has 1 fully saturated rings. The van der Waals surface area contributed by atoms with Crippen LogP contribution in [0.5, 0.6) is 0 Å². The van der Waals surface area contributed by atoms with Crippen LogP contribution in [-0.2, 0) is 0 Å². The van der Waals surface area contributed by atoms with Crippen LogP contribution >= 0.6 is 0 Å². The van der Waals surface area contributed by atoms with Gasteiger partial charge in [0.05, 0.1) is 0 Å². The molecule has 0 spiro atoms. The SMILES string of the molecule is CCC1CCNC(CNC(CC)(CC)CC)C1. The first-order valence-corrected chi connectivity index (χ1v) is 7.68. The highest BCUT2D eigenvalue weighted by atomic mass is 15.0. The summed E-state index contributed by atoms with van der Waals surface area (Å²) in [5, 5.41) is 7.50. The van der Waals surface area contributed by atoms with E-state index in [0.717, 1.165) is 12.5 Å². The number of nitrogens with one attached hydrogen (secondary N) is 2. The van der Waals surface area contributed by atoms with E-state index in [1.807, 2.05) is 0 Å². The zero-order valence-corrected chi connectivity index (χ0v) is 12.3. The molecule has 0 aromatic rings. The fourth-order valence-corrected chi connectivity index (χ4v) is 3.09. The molecule has 102 valence electrons. The van der Waals surface area contributed by atoms with Crippen LogP contribution in [-0.4, -0.2) is 24.7 Å². The molecular weight excluding hydrogens is 208 g/mol. The first-order valence-electron chi connectivity index (χ1n) is 7.68. The summed E-state index contributed by atoms with van der Waals surface area (Å²) in [6, 6.07) is 0.692. The Morgan fingerprint density at radius 1 is 1.12 bits per heavy atom. The number of hydrogen-bond donors (Lipinski definition) is 2. The van der Waals surface area contributed by atoms with Gasteiger partial charge in [-0.15, -0.1) is 0 Å². The fraction of sp³-hybridized carbons (Fsp3) is 1.00. The molecule has 0 saturated carbocycles. The molecule has 1 saturated heterocycles. The average Bonchev–Trinajstić information content (AvgIpc) is 2.41. The van der Waals surface area contributed by atoms with Gasteiger partial charge in [0.2, 0.25) is 0 Å². The number of hydrogen-bond acceptors (Lipinski definition) is 2. The number of piperidine rings is 1. The molecular formula is C15H32N2. The van der Waals surface area contributed by atoms with Crippen molar-refractivity contribution in [3.8, 4) is 0 Å². The van der Waals surface area contributed by atoms with Crippen molar-refractivity contribution in [3.05, 3.63) is 0 Å². The van der Waals surface area contributed by atoms with Crippen molar-refractivity contribution in [2.75, 3.05) is 13.1 Å². The highest BCUT2D eigenvalue weighted by molar-refractivity contribution is 4.87. The van der Waals surface area contributed by atoms with Crippen LogP contribution in [0.15, 0.2) is 0 Å². The van der Waals surface area contributed by atoms with Crippen LogP contribution in [0.1, 0.15) is 66.2 Å². The van der Waals surface area contributed by atoms with E-state index in [-0.39, 0.29) is 0 Å². The molecule has 0 radical (unpaired) electrons. The van der Waals surface area contributed by atoms with Crippen molar-refractivity contribution in [2.45, 2.75) is 77.8 Å². The van der Waals surface area contributed by atoms with Gasteiger partial charge in [-0.3, -0.25) is 0 Å². The first kappa shape index (κ1) is 15.0. The summed E-state index contributed by atoms with van der Waals surface area (Å²) in [6.45, 7) is 11.6. The summed E-state index contributed by atoms with van der Waals surface area (Å²) in [6.07, 6.45) is 7.79. The lowest BCUT2D eigenvalue weighted by Gasteiger charge is -2.36. The maximum Gasteiger partial charge on any atom is 0.0195 e. The summed E-state index contributed by atoms with van der Waals surface area (Å²) in [5.41, 5.74) is 0.376. The topological polar surface area (TPSA) is 24.1 Å². The molecule has 0 aliphatic carbocycles. The first-order chi connectivity index (χ1) is 8.19. The highest BCUT2D eigenvalue weighted by Crippen LogP contribution is 2.22. The summed E-state index contributed by atoms with van der Waals surface area (Å²) >= 11 is 0. The third-order valence-electron chi connectivity index (χ3n) is 4.93. The van der Waals surface area contributed by atoms with E-state index in [2.05, 4.69) is 38.3 Å². The molecule has 2 N–H and O–H groups in total. The van der Waals surface area contributed by atoms with Gasteiger partial charge in [-0.05, 0) is 44.6 Å². The minimum atomic E-state index is 0.376. The fourth-order valence-electron chi connectivity index (χ4n) is 3.09. The van der Waals surface area contributed by atoms with Crippen LogP contribution in [0, 0.1) is 5.92 Å². The molecule has 2 unspecified atom stereocenters. The van der Waals surface area contributed by atoms with E-state index in [1.54, 1.807) is 0 Å². The molecule has 2 heteroatoms. The second kappa shape index (κ2) is 7.38. The second-order valence-corrected chi connectivity index (χ2v) is 5.67. The van der Waals surface area contributed by atoms with E-state index in [9.17, 15) is 0 Å². The van der Waals surface area contributed by atoms with Gasteiger partial charge in [-0.25, -0.2) is 0 Å². The minimum Gasteiger partial charge on any atom is -0.313 e. The van der Waals surface area contributed by atoms with Gasteiger partial charge in [-0.2, -0.15) is 0 Å². The summed E-state index contributed by atoms with van der Waals surface area (Å²) < 4.78 is 0. The van der Waals surface area contributed by atoms with Crippen molar-refractivity contribution >= 4 is 0 Å². The predicted molar refractivity (Wildman–Crippen MR) is 76.4 cm³/mol. The maximum absolute atomic E-state index is 3.83. The van der Waals surface area contributed by atoms with Crippen LogP contribution < -0.4 is 10.6 Å². The second-order valence-electron chi connectivity index (χ2n) is 5.67. The van der Waals surface area contributed by atoms with Crippen molar-refractivity contribution in [2.24, 2.45) is 5.92 Å². The largest absolute Gasteiger partial charge is 0.313 e. The zero-order valence-electron chi connectivity index (χ0n) is 12.3. The summed E-state index contributed by atoms with van der Waals surface area (Å²) in [4.78, 5) is 0. The van der Waals surface area contributed by atoms with Gasteiger partial charge < -0.3 is 10.6 Å². The van der Waals surface area contributed by atoms with Gasteiger partial charge in [-0.1, -0.05) is 34.1 Å². The lowest BCUT2D eigenvalue weighted by molar-refractivity contribution is 0.237. The van der Waals surface area contributed by atoms with Gasteiger partial charge >= 0.3 is 0 Å². The molecule has 1 heterocycles. The molecule has 0 aromatic carbocycles. The Bertz CT molecular complexity index is 191. The zero-order chi connectivity index (χ0) is 12.7. The van der Waals surface area contributed by atoms with Crippen molar-refractivity contribution < 1.29 is 0 Å². The molecule has 2 atom stereocenters. The molecule has 0 amide bonds. The summed E-state index contributed by atoms with van der Waals surface area (Å²) in [5.74, 6) is 0.947. The van der Waals surface area contributed by atoms with Gasteiger partial charge in [0.1, 0.15) is 0 Å². The van der Waals surface area contributed by atoms with Gasteiger partial charge in [0, 0.05) is 18.1 Å². The van der Waals surface area contributed by atoms with Crippen molar-refractivity contribution in [3.63, 3.8) is 0 Å². The van der Waals surface area contributed by atoms with Crippen LogP contribution in [0.2, 0.25) is 0 Å². The Hall–Kier alpha value is -0.0800. The maximum atomic E-state index is 3.83. The highest BCUT2D eigenvalue weighted by Gasteiger charge is 2.26. The van der Waals surface area contributed by atoms with Crippen molar-refractivity contribution in [1.29, 1.82) is 0 Å². The lowest BCUT2D eigenvalue weighted by atomic mass is 9.87. The van der Waals surface area contributed by atoms with Crippen molar-refractivity contribution in [1.82, 2.24) is 10.6 Å². The Balaban J connectivity index is 2.38. The monoisotopic (exact) mass is 240 g/mol. The number of rotatable bonds is 7.